The molecule has 1 amide bonds. The van der Waals surface area contributed by atoms with Crippen molar-refractivity contribution in [1.29, 1.82) is 0 Å². The van der Waals surface area contributed by atoms with Crippen LogP contribution in [0.4, 0.5) is 0 Å². The maximum absolute atomic E-state index is 12.9. The van der Waals surface area contributed by atoms with E-state index in [1.165, 1.54) is 18.0 Å². The predicted molar refractivity (Wildman–Crippen MR) is 110 cm³/mol. The van der Waals surface area contributed by atoms with Gasteiger partial charge >= 0.3 is 0 Å². The van der Waals surface area contributed by atoms with E-state index in [0.717, 1.165) is 11.1 Å². The lowest BCUT2D eigenvalue weighted by Crippen LogP contribution is -2.34. The summed E-state index contributed by atoms with van der Waals surface area (Å²) in [6, 6.07) is 23.0. The summed E-state index contributed by atoms with van der Waals surface area (Å²) in [5, 5.41) is 11.0. The Kier molecular flexibility index (Phi) is 5.76. The molecule has 0 aliphatic heterocycles. The lowest BCUT2D eigenvalue weighted by Gasteiger charge is -2.21. The zero-order valence-corrected chi connectivity index (χ0v) is 16.5. The van der Waals surface area contributed by atoms with Gasteiger partial charge in [-0.25, -0.2) is 0 Å². The third kappa shape index (κ3) is 4.57. The maximum atomic E-state index is 12.9. The minimum Gasteiger partial charge on any atom is -0.459 e. The topological polar surface area (TPSA) is 81.2 Å². The van der Waals surface area contributed by atoms with Gasteiger partial charge in [0, 0.05) is 0 Å². The van der Waals surface area contributed by atoms with E-state index >= 15 is 0 Å². The maximum Gasteiger partial charge on any atom is 0.284 e. The van der Waals surface area contributed by atoms with Gasteiger partial charge in [0.2, 0.25) is 5.91 Å². The van der Waals surface area contributed by atoms with E-state index in [2.05, 4.69) is 15.5 Å². The van der Waals surface area contributed by atoms with E-state index in [-0.39, 0.29) is 17.8 Å². The highest BCUT2D eigenvalue weighted by molar-refractivity contribution is 8.00. The molecule has 0 radical (unpaired) electrons. The molecule has 2 heterocycles. The van der Waals surface area contributed by atoms with Gasteiger partial charge in [-0.3, -0.25) is 4.79 Å². The molecule has 0 spiro atoms. The molecule has 4 aromatic rings. The molecule has 0 saturated heterocycles. The molecule has 2 aromatic heterocycles. The molecule has 0 unspecified atom stereocenters. The molecule has 0 aliphatic carbocycles. The first kappa shape index (κ1) is 19.0. The highest BCUT2D eigenvalue weighted by Gasteiger charge is 2.23. The number of carbonyl (C=O) groups is 1. The third-order valence-corrected chi connectivity index (χ3v) is 5.27. The summed E-state index contributed by atoms with van der Waals surface area (Å²) >= 11 is 1.21. The summed E-state index contributed by atoms with van der Waals surface area (Å²) < 4.78 is 10.8. The van der Waals surface area contributed by atoms with Gasteiger partial charge in [0.05, 0.1) is 17.6 Å². The summed E-state index contributed by atoms with van der Waals surface area (Å²) in [4.78, 5) is 12.9. The Labute approximate surface area is 172 Å². The SMILES string of the molecule is C[C@H](Sc1nnc(-c2ccco2)o1)C(=O)NC(c1ccccc1)c1ccccc1. The Morgan fingerprint density at radius 3 is 2.17 bits per heavy atom. The van der Waals surface area contributed by atoms with Crippen LogP contribution in [0.15, 0.2) is 93.1 Å². The Bertz CT molecular complexity index is 1010. The van der Waals surface area contributed by atoms with Crippen molar-refractivity contribution < 1.29 is 13.6 Å². The molecule has 146 valence electrons. The van der Waals surface area contributed by atoms with Crippen LogP contribution < -0.4 is 5.32 Å². The van der Waals surface area contributed by atoms with Crippen molar-refractivity contribution in [3.05, 3.63) is 90.2 Å². The van der Waals surface area contributed by atoms with Crippen molar-refractivity contribution in [2.24, 2.45) is 0 Å². The number of nitrogens with zero attached hydrogens (tertiary/aromatic N) is 2. The van der Waals surface area contributed by atoms with Gasteiger partial charge in [0.15, 0.2) is 5.76 Å². The molecule has 6 nitrogen and oxygen atoms in total. The van der Waals surface area contributed by atoms with Crippen LogP contribution >= 0.6 is 11.8 Å². The minimum absolute atomic E-state index is 0.120. The molecule has 0 aliphatic rings. The van der Waals surface area contributed by atoms with Crippen molar-refractivity contribution in [3.63, 3.8) is 0 Å². The van der Waals surface area contributed by atoms with E-state index in [1.54, 1.807) is 12.1 Å². The number of nitrogens with one attached hydrogen (secondary N) is 1. The Balaban J connectivity index is 1.47. The number of benzene rings is 2. The van der Waals surface area contributed by atoms with Crippen LogP contribution in [0.2, 0.25) is 0 Å². The van der Waals surface area contributed by atoms with Crippen molar-refractivity contribution in [1.82, 2.24) is 15.5 Å². The molecular weight excluding hydrogens is 386 g/mol. The number of thioether (sulfide) groups is 1. The number of aromatic nitrogens is 2. The van der Waals surface area contributed by atoms with Crippen LogP contribution in [0.5, 0.6) is 0 Å². The number of hydrogen-bond donors (Lipinski definition) is 1. The molecule has 1 N–H and O–H groups in total. The quantitative estimate of drug-likeness (QED) is 0.448. The second-order valence-electron chi connectivity index (χ2n) is 6.37. The fourth-order valence-corrected chi connectivity index (χ4v) is 3.56. The monoisotopic (exact) mass is 405 g/mol. The average Bonchev–Trinajstić information content (AvgIpc) is 3.45. The molecule has 7 heteroatoms. The largest absolute Gasteiger partial charge is 0.459 e. The van der Waals surface area contributed by atoms with Crippen LogP contribution in [-0.4, -0.2) is 21.4 Å². The Morgan fingerprint density at radius 1 is 0.931 bits per heavy atom. The first-order valence-corrected chi connectivity index (χ1v) is 10.0. The number of amides is 1. The average molecular weight is 405 g/mol. The lowest BCUT2D eigenvalue weighted by atomic mass is 9.98. The number of hydrogen-bond acceptors (Lipinski definition) is 6. The summed E-state index contributed by atoms with van der Waals surface area (Å²) in [6.45, 7) is 1.81. The van der Waals surface area contributed by atoms with Gasteiger partial charge in [0.25, 0.3) is 11.1 Å². The fraction of sp³-hybridized carbons (Fsp3) is 0.136. The van der Waals surface area contributed by atoms with Crippen LogP contribution in [0.3, 0.4) is 0 Å². The molecular formula is C22H19N3O3S. The van der Waals surface area contributed by atoms with Gasteiger partial charge in [-0.1, -0.05) is 72.4 Å². The van der Waals surface area contributed by atoms with Gasteiger partial charge in [-0.2, -0.15) is 0 Å². The normalized spacial score (nSPS) is 12.1. The highest BCUT2D eigenvalue weighted by atomic mass is 32.2. The Morgan fingerprint density at radius 2 is 1.59 bits per heavy atom. The summed E-state index contributed by atoms with van der Waals surface area (Å²) in [5.41, 5.74) is 2.03. The van der Waals surface area contributed by atoms with Crippen LogP contribution in [0.25, 0.3) is 11.7 Å². The van der Waals surface area contributed by atoms with Crippen LogP contribution in [-0.2, 0) is 4.79 Å². The van der Waals surface area contributed by atoms with Gasteiger partial charge < -0.3 is 14.2 Å². The van der Waals surface area contributed by atoms with E-state index in [1.807, 2.05) is 67.6 Å². The summed E-state index contributed by atoms with van der Waals surface area (Å²) in [5.74, 6) is 0.664. The molecule has 29 heavy (non-hydrogen) atoms. The zero-order chi connectivity index (χ0) is 20.1. The fourth-order valence-electron chi connectivity index (χ4n) is 2.87. The summed E-state index contributed by atoms with van der Waals surface area (Å²) in [6.07, 6.45) is 1.54. The molecule has 2 aromatic carbocycles. The van der Waals surface area contributed by atoms with Crippen molar-refractivity contribution in [2.45, 2.75) is 23.4 Å². The van der Waals surface area contributed by atoms with Gasteiger partial charge in [-0.15, -0.1) is 10.2 Å². The molecule has 0 saturated carbocycles. The standard InChI is InChI=1S/C22H19N3O3S/c1-15(29-22-25-24-21(28-22)18-13-8-14-27-18)20(26)23-19(16-9-4-2-5-10-16)17-11-6-3-7-12-17/h2-15,19H,1H3,(H,23,26)/t15-/m0/s1. The number of furan rings is 1. The zero-order valence-electron chi connectivity index (χ0n) is 15.7. The van der Waals surface area contributed by atoms with Crippen molar-refractivity contribution >= 4 is 17.7 Å². The second-order valence-corrected chi connectivity index (χ2v) is 7.67. The lowest BCUT2D eigenvalue weighted by molar-refractivity contribution is -0.120. The molecule has 1 atom stereocenters. The first-order chi connectivity index (χ1) is 14.2. The molecule has 0 fully saturated rings. The second kappa shape index (κ2) is 8.79. The van der Waals surface area contributed by atoms with Crippen LogP contribution in [0, 0.1) is 0 Å². The van der Waals surface area contributed by atoms with E-state index < -0.39 is 5.25 Å². The van der Waals surface area contributed by atoms with E-state index in [9.17, 15) is 4.79 Å². The minimum atomic E-state index is -0.421. The number of rotatable bonds is 7. The van der Waals surface area contributed by atoms with Gasteiger partial charge in [0.1, 0.15) is 0 Å². The molecule has 4 rings (SSSR count). The van der Waals surface area contributed by atoms with Crippen molar-refractivity contribution in [2.75, 3.05) is 0 Å². The number of carbonyl (C=O) groups excluding carboxylic acids is 1. The first-order valence-electron chi connectivity index (χ1n) is 9.15. The third-order valence-electron chi connectivity index (χ3n) is 4.34. The van der Waals surface area contributed by atoms with Crippen LogP contribution in [0.1, 0.15) is 24.1 Å². The van der Waals surface area contributed by atoms with Crippen molar-refractivity contribution in [3.8, 4) is 11.7 Å². The van der Waals surface area contributed by atoms with E-state index in [0.29, 0.717) is 11.0 Å². The summed E-state index contributed by atoms with van der Waals surface area (Å²) in [7, 11) is 0. The molecule has 0 bridgehead atoms. The smallest absolute Gasteiger partial charge is 0.284 e. The van der Waals surface area contributed by atoms with E-state index in [4.69, 9.17) is 8.83 Å². The predicted octanol–water partition coefficient (Wildman–Crippen LogP) is 4.72. The highest BCUT2D eigenvalue weighted by Crippen LogP contribution is 2.28. The van der Waals surface area contributed by atoms with Gasteiger partial charge in [-0.05, 0) is 30.2 Å². The Hall–Kier alpha value is -3.32.